The van der Waals surface area contributed by atoms with Crippen molar-refractivity contribution in [2.45, 2.75) is 565 Å². The first-order valence-corrected chi connectivity index (χ1v) is 62.2. The minimum atomic E-state index is -0.498. The van der Waals surface area contributed by atoms with Crippen molar-refractivity contribution in [2.75, 3.05) is 32.2 Å². The van der Waals surface area contributed by atoms with Crippen LogP contribution in [0.4, 0.5) is 0 Å². The largest absolute Gasteiger partial charge is 0.489 e. The van der Waals surface area contributed by atoms with Crippen LogP contribution in [0, 0.1) is 153 Å². The van der Waals surface area contributed by atoms with Crippen LogP contribution in [0.2, 0.25) is 0 Å². The highest BCUT2D eigenvalue weighted by Crippen LogP contribution is 2.70. The highest BCUT2D eigenvalue weighted by Gasteiger charge is 2.62. The summed E-state index contributed by atoms with van der Waals surface area (Å²) >= 11 is 0. The van der Waals surface area contributed by atoms with Gasteiger partial charge in [-0.2, -0.15) is 0 Å². The van der Waals surface area contributed by atoms with Crippen LogP contribution in [0.5, 0.6) is 11.5 Å². The van der Waals surface area contributed by atoms with Gasteiger partial charge in [-0.1, -0.05) is 370 Å². The van der Waals surface area contributed by atoms with Crippen LogP contribution >= 0.6 is 21.6 Å². The van der Waals surface area contributed by atoms with Gasteiger partial charge in [0.1, 0.15) is 48.8 Å². The molecule has 9 aliphatic rings. The van der Waals surface area contributed by atoms with Gasteiger partial charge in [-0.25, -0.2) is 0 Å². The lowest BCUT2D eigenvalue weighted by atomic mass is 9.47. The molecule has 1 heterocycles. The average Bonchev–Trinajstić information content (AvgIpc) is 1.47. The van der Waals surface area contributed by atoms with Gasteiger partial charge in [-0.15, -0.1) is 0 Å². The van der Waals surface area contributed by atoms with E-state index in [9.17, 15) is 19.2 Å². The van der Waals surface area contributed by atoms with E-state index in [2.05, 4.69) is 161 Å². The SMILES string of the molecule is CC(C)CCC[C@@H](C)[C@H]1CCC2C3CC=C4C[C@@H](OC(=O)C(C)C)CC[C@]4(C)C3CC[C@@]21C.CC(C)CCC[C@@H](C)[C@H]1CCC2C3CC=C4C[C@@H](SSCCC(=O)C(C)(C)C)CC[C@]4(C)C3CC[C@@]21C.CCCCCCCCCCCCCCCCCCOC(CC)COC(=O)C(C)(C)C.Cc1c(C)c2c(c(C)c1OCCOC(=O)C(C)(C)C)CC[C@@](C)(CCC[C@H](C)CCC[C@H](C)CCCC(C)C)O2. The molecule has 140 heavy (non-hydrogen) atoms. The van der Waals surface area contributed by atoms with E-state index in [-0.39, 0.29) is 53.7 Å². The van der Waals surface area contributed by atoms with E-state index >= 15 is 0 Å². The lowest BCUT2D eigenvalue weighted by Gasteiger charge is -2.58. The van der Waals surface area contributed by atoms with Gasteiger partial charge in [0.15, 0.2) is 0 Å². The lowest BCUT2D eigenvalue weighted by Crippen LogP contribution is -2.51. The first-order chi connectivity index (χ1) is 66.0. The Morgan fingerprint density at radius 2 is 0.914 bits per heavy atom. The highest BCUT2D eigenvalue weighted by atomic mass is 33.1. The zero-order valence-electron chi connectivity index (χ0n) is 97.6. The van der Waals surface area contributed by atoms with Crippen molar-refractivity contribution in [1.82, 2.24) is 0 Å². The summed E-state index contributed by atoms with van der Waals surface area (Å²) in [5.41, 5.74) is 8.87. The molecule has 10 rings (SSSR count). The second-order valence-electron chi connectivity index (χ2n) is 54.0. The Hall–Kier alpha value is -2.96. The van der Waals surface area contributed by atoms with Gasteiger partial charge in [0.2, 0.25) is 0 Å². The normalized spacial score (nSPS) is 28.0. The zero-order chi connectivity index (χ0) is 104. The molecule has 12 heteroatoms. The number of carbonyl (C=O) groups is 4. The molecule has 0 N–H and O–H groups in total. The number of hydrogen-bond donors (Lipinski definition) is 0. The molecule has 20 atom stereocenters. The number of ether oxygens (including phenoxy) is 6. The number of Topliss-reactive ketones (excluding diaryl/α,β-unsaturated/α-hetero) is 1. The molecule has 0 spiro atoms. The Balaban J connectivity index is 0.000000255. The number of allylic oxidation sites excluding steroid dienone is 3. The maximum absolute atomic E-state index is 12.3. The zero-order valence-corrected chi connectivity index (χ0v) is 99.3. The molecule has 0 saturated heterocycles. The number of carbonyl (C=O) groups excluding carboxylic acids is 4. The molecule has 1 aliphatic heterocycles. The molecule has 10 nitrogen and oxygen atoms in total. The van der Waals surface area contributed by atoms with Crippen molar-refractivity contribution in [3.8, 4) is 11.5 Å². The van der Waals surface area contributed by atoms with E-state index in [0.717, 1.165) is 180 Å². The van der Waals surface area contributed by atoms with Gasteiger partial charge in [-0.05, 0) is 331 Å². The topological polar surface area (TPSA) is 124 Å². The molecule has 0 bridgehead atoms. The average molecular weight is 1990 g/mol. The molecular formula is C128H226O10S2. The molecule has 8 aliphatic carbocycles. The van der Waals surface area contributed by atoms with Crippen molar-refractivity contribution in [3.05, 3.63) is 45.6 Å². The van der Waals surface area contributed by atoms with Crippen molar-refractivity contribution in [1.29, 1.82) is 0 Å². The standard InChI is InChI=1S/C36H62O4.C34H58OS2.C31H52O2.C27H54O3/c1-25(2)15-12-16-26(3)17-13-18-27(4)19-14-21-36(11)22-20-31-30(7)32(28(5)29(6)33(31)40-36)38-23-24-39-34(37)35(8,9)10;1-23(2)10-9-11-24(3)28-14-15-29-27-13-12-25-22-26(37-36-21-18-31(35)32(4,5)6)16-19-33(25,7)30(27)17-20-34(28,29)8;1-20(2)9-8-10-22(5)26-13-14-27-25-12-11-23-19-24(33-29(32)21(3)4)15-17-30(23,6)28(25)16-18-31(26,27)7;1-6-8-9-10-11-12-13-14-15-16-17-18-19-20-21-22-23-29-25(7-2)24-30-26(28)27(3,4)5/h25-27H,12-24H2,1-11H3;12,23-24,26-30H,9-11,13-22H2,1-8H3;11,20-22,24-28H,8-10,12-19H2,1-7H3;25H,6-24H2,1-5H3/t26-,27-,36-;24-,26+,27?,28-,29?,30?,33+,34-;22-,24+,25?,26-,27?,28?,30+,31-;/m111./s1. The quantitative estimate of drug-likeness (QED) is 0.0203. The van der Waals surface area contributed by atoms with Gasteiger partial charge in [-0.3, -0.25) is 19.2 Å². The third-order valence-electron chi connectivity index (χ3n) is 37.6. The molecule has 1 aromatic carbocycles. The number of rotatable bonds is 54. The van der Waals surface area contributed by atoms with E-state index in [1.807, 2.05) is 92.5 Å². The van der Waals surface area contributed by atoms with E-state index in [1.165, 1.54) is 287 Å². The molecule has 810 valence electrons. The van der Waals surface area contributed by atoms with Crippen LogP contribution in [0.3, 0.4) is 0 Å². The summed E-state index contributed by atoms with van der Waals surface area (Å²) in [4.78, 5) is 48.4. The Labute approximate surface area is 874 Å². The smallest absolute Gasteiger partial charge is 0.311 e. The van der Waals surface area contributed by atoms with Gasteiger partial charge < -0.3 is 28.4 Å². The summed E-state index contributed by atoms with van der Waals surface area (Å²) in [6.07, 6.45) is 73.3. The van der Waals surface area contributed by atoms with E-state index in [0.29, 0.717) is 40.7 Å². The fourth-order valence-corrected chi connectivity index (χ4v) is 30.6. The number of benzene rings is 1. The van der Waals surface area contributed by atoms with Gasteiger partial charge in [0, 0.05) is 41.4 Å². The first-order valence-electron chi connectivity index (χ1n) is 59.8. The third-order valence-corrected chi connectivity index (χ3v) is 40.5. The number of esters is 3. The second-order valence-corrected chi connectivity index (χ2v) is 56.7. The fourth-order valence-electron chi connectivity index (χ4n) is 28.0. The van der Waals surface area contributed by atoms with Crippen LogP contribution in [0.15, 0.2) is 23.3 Å². The van der Waals surface area contributed by atoms with Crippen molar-refractivity contribution >= 4 is 45.3 Å². The molecule has 6 saturated carbocycles. The van der Waals surface area contributed by atoms with Gasteiger partial charge >= 0.3 is 17.9 Å². The predicted molar refractivity (Wildman–Crippen MR) is 602 cm³/mol. The van der Waals surface area contributed by atoms with Crippen molar-refractivity contribution in [2.24, 2.45) is 133 Å². The molecule has 6 fully saturated rings. The first kappa shape index (κ1) is 124. The Morgan fingerprint density at radius 1 is 0.457 bits per heavy atom. The molecular weight excluding hydrogens is 1760 g/mol. The van der Waals surface area contributed by atoms with E-state index in [4.69, 9.17) is 28.4 Å². The van der Waals surface area contributed by atoms with Crippen LogP contribution < -0.4 is 9.47 Å². The van der Waals surface area contributed by atoms with Gasteiger partial charge in [0.25, 0.3) is 0 Å². The minimum absolute atomic E-state index is 0.0224. The Morgan fingerprint density at radius 3 is 1.39 bits per heavy atom. The number of ketones is 1. The van der Waals surface area contributed by atoms with E-state index < -0.39 is 10.8 Å². The van der Waals surface area contributed by atoms with Crippen LogP contribution in [0.1, 0.15) is 537 Å². The molecule has 7 unspecified atom stereocenters. The summed E-state index contributed by atoms with van der Waals surface area (Å²) in [5, 5.41) is 0.738. The minimum Gasteiger partial charge on any atom is -0.489 e. The van der Waals surface area contributed by atoms with Gasteiger partial charge in [0.05, 0.1) is 22.9 Å². The number of unbranched alkanes of at least 4 members (excludes halogenated alkanes) is 15. The summed E-state index contributed by atoms with van der Waals surface area (Å²) in [7, 11) is 4.04. The number of hydrogen-bond acceptors (Lipinski definition) is 12. The monoisotopic (exact) mass is 1990 g/mol. The van der Waals surface area contributed by atoms with E-state index in [1.54, 1.807) is 5.57 Å². The van der Waals surface area contributed by atoms with Crippen LogP contribution in [-0.4, -0.2) is 78.9 Å². The lowest BCUT2D eigenvalue weighted by molar-refractivity contribution is -0.157. The summed E-state index contributed by atoms with van der Waals surface area (Å²) in [6, 6.07) is 0. The highest BCUT2D eigenvalue weighted by molar-refractivity contribution is 8.76. The van der Waals surface area contributed by atoms with Crippen molar-refractivity contribution < 1.29 is 47.6 Å². The van der Waals surface area contributed by atoms with Crippen LogP contribution in [0.25, 0.3) is 0 Å². The fraction of sp³-hybridized carbons (Fsp3) is 0.891. The van der Waals surface area contributed by atoms with Crippen LogP contribution in [-0.2, 0) is 44.5 Å². The second kappa shape index (κ2) is 59.6. The maximum Gasteiger partial charge on any atom is 0.311 e. The summed E-state index contributed by atoms with van der Waals surface area (Å²) in [5.74, 6) is 16.3. The maximum atomic E-state index is 12.3. The van der Waals surface area contributed by atoms with Crippen molar-refractivity contribution in [3.63, 3.8) is 0 Å². The molecule has 0 amide bonds. The number of fused-ring (bicyclic) bond motifs is 11. The Bertz CT molecular complexity index is 3830. The predicted octanol–water partition coefficient (Wildman–Crippen LogP) is 38.1. The Kier molecular flexibility index (Phi) is 52.8. The summed E-state index contributed by atoms with van der Waals surface area (Å²) in [6.45, 7) is 71.0. The molecule has 1 aromatic rings. The molecule has 0 radical (unpaired) electrons. The third kappa shape index (κ3) is 37.9. The summed E-state index contributed by atoms with van der Waals surface area (Å²) < 4.78 is 35.5. The molecule has 0 aromatic heterocycles.